The van der Waals surface area contributed by atoms with E-state index >= 15 is 0 Å². The van der Waals surface area contributed by atoms with Crippen LogP contribution in [-0.2, 0) is 14.3 Å². The molecule has 0 bridgehead atoms. The molecule has 1 saturated carbocycles. The molecule has 1 amide bonds. The Hall–Kier alpha value is -2.48. The number of unbranched alkanes of at least 4 members (excludes halogenated alkanes) is 1. The molecule has 8 heteroatoms. The van der Waals surface area contributed by atoms with Gasteiger partial charge in [0.05, 0.1) is 6.04 Å². The lowest BCUT2D eigenvalue weighted by Crippen LogP contribution is -2.45. The summed E-state index contributed by atoms with van der Waals surface area (Å²) in [5.41, 5.74) is -0.970. The lowest BCUT2D eigenvalue weighted by molar-refractivity contribution is -0.124. The summed E-state index contributed by atoms with van der Waals surface area (Å²) in [4.78, 5) is 36.3. The van der Waals surface area contributed by atoms with Crippen molar-refractivity contribution in [3.05, 3.63) is 30.1 Å². The van der Waals surface area contributed by atoms with Gasteiger partial charge < -0.3 is 24.9 Å². The number of carbonyl (C=O) groups is 3. The minimum absolute atomic E-state index is 0.154. The van der Waals surface area contributed by atoms with Gasteiger partial charge in [-0.05, 0) is 65.0 Å². The summed E-state index contributed by atoms with van der Waals surface area (Å²) in [7, 11) is 0. The molecule has 1 aliphatic rings. The predicted octanol–water partition coefficient (Wildman–Crippen LogP) is 4.19. The highest BCUT2D eigenvalue weighted by molar-refractivity contribution is 5.85. The average Bonchev–Trinajstić information content (AvgIpc) is 3.22. The second kappa shape index (κ2) is 12.7. The molecular weight excluding hydrogens is 427 g/mol. The van der Waals surface area contributed by atoms with E-state index in [1.165, 1.54) is 18.2 Å². The van der Waals surface area contributed by atoms with E-state index in [-0.39, 0.29) is 12.4 Å². The number of ether oxygens (including phenoxy) is 2. The Kier molecular flexibility index (Phi) is 10.3. The summed E-state index contributed by atoms with van der Waals surface area (Å²) >= 11 is 0. The number of rotatable bonds is 13. The quantitative estimate of drug-likeness (QED) is 0.336. The summed E-state index contributed by atoms with van der Waals surface area (Å²) in [5, 5.41) is 6.00. The molecule has 184 valence electrons. The van der Waals surface area contributed by atoms with E-state index in [1.54, 1.807) is 26.8 Å². The van der Waals surface area contributed by atoms with Crippen LogP contribution in [0.5, 0.6) is 5.75 Å². The number of benzene rings is 1. The van der Waals surface area contributed by atoms with Crippen LogP contribution in [0.3, 0.4) is 0 Å². The molecule has 0 saturated heterocycles. The van der Waals surface area contributed by atoms with Gasteiger partial charge in [0.2, 0.25) is 0 Å². The fraction of sp³-hybridized carbons (Fsp3) is 0.640. The summed E-state index contributed by atoms with van der Waals surface area (Å²) in [6.45, 7) is 6.10. The maximum absolute atomic E-state index is 13.4. The third-order valence-electron chi connectivity index (χ3n) is 5.70. The smallest absolute Gasteiger partial charge is 0.407 e. The van der Waals surface area contributed by atoms with Crippen LogP contribution in [0.25, 0.3) is 0 Å². The van der Waals surface area contributed by atoms with Crippen molar-refractivity contribution in [2.75, 3.05) is 19.7 Å². The minimum Gasteiger partial charge on any atom is -0.486 e. The maximum Gasteiger partial charge on any atom is 0.407 e. The Morgan fingerprint density at radius 2 is 1.94 bits per heavy atom. The van der Waals surface area contributed by atoms with Crippen molar-refractivity contribution in [3.63, 3.8) is 0 Å². The lowest BCUT2D eigenvalue weighted by atomic mass is 9.87. The van der Waals surface area contributed by atoms with Crippen LogP contribution in [0.1, 0.15) is 65.7 Å². The molecule has 0 spiro atoms. The van der Waals surface area contributed by atoms with Crippen LogP contribution in [0.15, 0.2) is 24.3 Å². The monoisotopic (exact) mass is 464 g/mol. The van der Waals surface area contributed by atoms with Crippen LogP contribution in [0.2, 0.25) is 0 Å². The number of ketones is 1. The van der Waals surface area contributed by atoms with Gasteiger partial charge in [0, 0.05) is 24.6 Å². The van der Waals surface area contributed by atoms with Gasteiger partial charge in [0.1, 0.15) is 30.1 Å². The van der Waals surface area contributed by atoms with Gasteiger partial charge in [-0.3, -0.25) is 4.79 Å². The van der Waals surface area contributed by atoms with Crippen LogP contribution in [0, 0.1) is 11.2 Å². The van der Waals surface area contributed by atoms with Gasteiger partial charge in [-0.15, -0.1) is 0 Å². The number of carbonyl (C=O) groups excluding carboxylic acids is 3. The number of alkyl carbamates (subject to hydrolysis) is 1. The Bertz CT molecular complexity index is 787. The highest BCUT2D eigenvalue weighted by Crippen LogP contribution is 2.35. The fourth-order valence-electron chi connectivity index (χ4n) is 3.91. The molecular formula is C25H37FN2O5. The van der Waals surface area contributed by atoms with Crippen LogP contribution in [0.4, 0.5) is 9.18 Å². The standard InChI is InChI=1S/C25H37FN2O5/c1-24(2,3)33-23(31)27-14-7-4-11-21(28-17-25(18-29)12-5-6-13-25)22(30)16-32-20-10-8-9-19(26)15-20/h8-10,15,18,21,28H,4-7,11-14,16-17H2,1-3H3,(H,27,31)/t21-/m0/s1. The van der Waals surface area contributed by atoms with Gasteiger partial charge in [0.15, 0.2) is 5.78 Å². The van der Waals surface area contributed by atoms with Gasteiger partial charge in [0.25, 0.3) is 0 Å². The van der Waals surface area contributed by atoms with Gasteiger partial charge in [-0.1, -0.05) is 18.9 Å². The number of nitrogens with one attached hydrogen (secondary N) is 2. The average molecular weight is 465 g/mol. The van der Waals surface area contributed by atoms with Crippen molar-refractivity contribution in [1.29, 1.82) is 0 Å². The Morgan fingerprint density at radius 3 is 2.58 bits per heavy atom. The zero-order chi connectivity index (χ0) is 24.3. The zero-order valence-corrected chi connectivity index (χ0v) is 20.0. The number of hydrogen-bond acceptors (Lipinski definition) is 6. The summed E-state index contributed by atoms with van der Waals surface area (Å²) in [6, 6.07) is 5.18. The normalized spacial score (nSPS) is 16.1. The number of hydrogen-bond donors (Lipinski definition) is 2. The fourth-order valence-corrected chi connectivity index (χ4v) is 3.91. The van der Waals surface area contributed by atoms with Crippen molar-refractivity contribution in [1.82, 2.24) is 10.6 Å². The number of halogens is 1. The highest BCUT2D eigenvalue weighted by atomic mass is 19.1. The molecule has 1 aliphatic carbocycles. The largest absolute Gasteiger partial charge is 0.486 e. The summed E-state index contributed by atoms with van der Waals surface area (Å²) < 4.78 is 24.1. The second-order valence-corrected chi connectivity index (χ2v) is 9.76. The van der Waals surface area contributed by atoms with E-state index in [0.29, 0.717) is 38.1 Å². The molecule has 0 heterocycles. The van der Waals surface area contributed by atoms with Crippen LogP contribution in [-0.4, -0.2) is 49.5 Å². The molecule has 2 rings (SSSR count). The van der Waals surface area contributed by atoms with Crippen molar-refractivity contribution >= 4 is 18.2 Å². The van der Waals surface area contributed by atoms with E-state index in [1.807, 2.05) is 0 Å². The van der Waals surface area contributed by atoms with Crippen LogP contribution < -0.4 is 15.4 Å². The molecule has 1 aromatic carbocycles. The predicted molar refractivity (Wildman–Crippen MR) is 124 cm³/mol. The molecule has 1 fully saturated rings. The van der Waals surface area contributed by atoms with Crippen molar-refractivity contribution < 1.29 is 28.2 Å². The maximum atomic E-state index is 13.4. The number of amides is 1. The van der Waals surface area contributed by atoms with E-state index in [2.05, 4.69) is 10.6 Å². The molecule has 0 aliphatic heterocycles. The van der Waals surface area contributed by atoms with E-state index in [0.717, 1.165) is 32.0 Å². The molecule has 0 radical (unpaired) electrons. The van der Waals surface area contributed by atoms with E-state index in [9.17, 15) is 18.8 Å². The third-order valence-corrected chi connectivity index (χ3v) is 5.70. The number of Topliss-reactive ketones (excluding diaryl/α,β-unsaturated/α-hetero) is 1. The zero-order valence-electron chi connectivity index (χ0n) is 20.0. The van der Waals surface area contributed by atoms with E-state index in [4.69, 9.17) is 9.47 Å². The summed E-state index contributed by atoms with van der Waals surface area (Å²) in [5.74, 6) is -0.288. The first-order valence-corrected chi connectivity index (χ1v) is 11.7. The first-order valence-electron chi connectivity index (χ1n) is 11.7. The van der Waals surface area contributed by atoms with Gasteiger partial charge in [-0.2, -0.15) is 0 Å². The van der Waals surface area contributed by atoms with Crippen molar-refractivity contribution in [2.45, 2.75) is 77.4 Å². The SMILES string of the molecule is CC(C)(C)OC(=O)NCCCC[C@H](NCC1(C=O)CCCC1)C(=O)COc1cccc(F)c1. The first-order chi connectivity index (χ1) is 15.6. The molecule has 33 heavy (non-hydrogen) atoms. The summed E-state index contributed by atoms with van der Waals surface area (Å²) in [6.07, 6.45) is 6.12. The van der Waals surface area contributed by atoms with Gasteiger partial charge in [-0.25, -0.2) is 9.18 Å². The molecule has 1 aromatic rings. The topological polar surface area (TPSA) is 93.7 Å². The molecule has 0 unspecified atom stereocenters. The first kappa shape index (κ1) is 26.8. The Morgan fingerprint density at radius 1 is 1.21 bits per heavy atom. The Labute approximate surface area is 195 Å². The third kappa shape index (κ3) is 9.90. The van der Waals surface area contributed by atoms with E-state index < -0.39 is 29.0 Å². The lowest BCUT2D eigenvalue weighted by Gasteiger charge is -2.26. The second-order valence-electron chi connectivity index (χ2n) is 9.76. The Balaban J connectivity index is 1.86. The minimum atomic E-state index is -0.554. The molecule has 7 nitrogen and oxygen atoms in total. The molecule has 2 N–H and O–H groups in total. The van der Waals surface area contributed by atoms with Gasteiger partial charge >= 0.3 is 6.09 Å². The molecule has 1 atom stereocenters. The molecule has 0 aromatic heterocycles. The van der Waals surface area contributed by atoms with Crippen LogP contribution >= 0.6 is 0 Å². The number of aldehydes is 1. The van der Waals surface area contributed by atoms with Crippen molar-refractivity contribution in [3.8, 4) is 5.75 Å². The van der Waals surface area contributed by atoms with Crippen molar-refractivity contribution in [2.24, 2.45) is 5.41 Å². The highest BCUT2D eigenvalue weighted by Gasteiger charge is 2.34.